The minimum Gasteiger partial charge on any atom is -0.314 e. The Hall–Kier alpha value is -0.000000000000000111. The molecular weight excluding hydrogens is 325 g/mol. The summed E-state index contributed by atoms with van der Waals surface area (Å²) in [7, 11) is 0. The average Bonchev–Trinajstić information content (AvgIpc) is 2.51. The van der Waals surface area contributed by atoms with Crippen molar-refractivity contribution in [2.24, 2.45) is 5.92 Å². The lowest BCUT2D eigenvalue weighted by molar-refractivity contribution is 0.118. The van der Waals surface area contributed by atoms with Crippen LogP contribution in [0.2, 0.25) is 0 Å². The lowest BCUT2D eigenvalue weighted by Gasteiger charge is -2.41. The molecule has 0 saturated carbocycles. The number of halogens is 2. The van der Waals surface area contributed by atoms with Crippen LogP contribution in [0.1, 0.15) is 24.4 Å². The van der Waals surface area contributed by atoms with Crippen molar-refractivity contribution in [1.82, 2.24) is 15.2 Å². The summed E-state index contributed by atoms with van der Waals surface area (Å²) in [5, 5.41) is 3.46. The first-order valence-electron chi connectivity index (χ1n) is 7.37. The smallest absolute Gasteiger partial charge is 0.0393 e. The Morgan fingerprint density at radius 2 is 1.90 bits per heavy atom. The molecule has 1 aromatic rings. The fourth-order valence-electron chi connectivity index (χ4n) is 3.32. The van der Waals surface area contributed by atoms with Crippen molar-refractivity contribution in [3.8, 4) is 0 Å². The van der Waals surface area contributed by atoms with E-state index in [0.717, 1.165) is 19.0 Å². The number of nitrogens with zero attached hydrogens (tertiary/aromatic N) is 2. The molecule has 2 aliphatic heterocycles. The highest BCUT2D eigenvalue weighted by molar-refractivity contribution is 7.99. The fourth-order valence-corrected chi connectivity index (χ4v) is 4.47. The van der Waals surface area contributed by atoms with E-state index in [9.17, 15) is 0 Å². The topological polar surface area (TPSA) is 28.2 Å². The lowest BCUT2D eigenvalue weighted by Crippen LogP contribution is -2.47. The second-order valence-corrected chi connectivity index (χ2v) is 6.69. The third-order valence-electron chi connectivity index (χ3n) is 4.28. The maximum absolute atomic E-state index is 4.35. The third-order valence-corrected chi connectivity index (χ3v) is 5.33. The highest BCUT2D eigenvalue weighted by atomic mass is 35.5. The molecule has 0 radical (unpaired) electrons. The summed E-state index contributed by atoms with van der Waals surface area (Å²) >= 11 is 2.11. The normalized spacial score (nSPS) is 21.9. The summed E-state index contributed by atoms with van der Waals surface area (Å²) in [6, 6.07) is 4.93. The molecule has 0 aromatic carbocycles. The van der Waals surface area contributed by atoms with Crippen molar-refractivity contribution in [2.75, 3.05) is 37.7 Å². The van der Waals surface area contributed by atoms with Crippen molar-refractivity contribution in [3.63, 3.8) is 0 Å². The molecule has 1 atom stereocenters. The van der Waals surface area contributed by atoms with E-state index in [1.165, 1.54) is 43.0 Å². The van der Waals surface area contributed by atoms with Gasteiger partial charge in [-0.1, -0.05) is 6.07 Å². The van der Waals surface area contributed by atoms with Crippen LogP contribution in [0, 0.1) is 5.92 Å². The van der Waals surface area contributed by atoms with E-state index in [4.69, 9.17) is 0 Å². The lowest BCUT2D eigenvalue weighted by atomic mass is 9.87. The number of nitrogens with one attached hydrogen (secondary N) is 1. The minimum absolute atomic E-state index is 0. The van der Waals surface area contributed by atoms with Gasteiger partial charge in [0.05, 0.1) is 0 Å². The van der Waals surface area contributed by atoms with Crippen molar-refractivity contribution in [2.45, 2.75) is 18.9 Å². The quantitative estimate of drug-likeness (QED) is 0.907. The molecule has 3 nitrogen and oxygen atoms in total. The first-order valence-corrected chi connectivity index (χ1v) is 8.53. The van der Waals surface area contributed by atoms with Gasteiger partial charge in [0, 0.05) is 44.6 Å². The van der Waals surface area contributed by atoms with E-state index in [2.05, 4.69) is 45.3 Å². The molecule has 1 unspecified atom stereocenters. The molecule has 120 valence electrons. The zero-order valence-electron chi connectivity index (χ0n) is 12.2. The van der Waals surface area contributed by atoms with E-state index >= 15 is 0 Å². The van der Waals surface area contributed by atoms with Gasteiger partial charge >= 0.3 is 0 Å². The van der Waals surface area contributed by atoms with E-state index in [1.807, 2.05) is 6.20 Å². The van der Waals surface area contributed by atoms with Gasteiger partial charge in [0.2, 0.25) is 0 Å². The summed E-state index contributed by atoms with van der Waals surface area (Å²) in [5.74, 6) is 3.46. The van der Waals surface area contributed by atoms with Crippen LogP contribution in [-0.4, -0.2) is 47.6 Å². The molecular formula is C15H25Cl2N3S. The van der Waals surface area contributed by atoms with Crippen LogP contribution in [0.25, 0.3) is 0 Å². The maximum Gasteiger partial charge on any atom is 0.0393 e. The van der Waals surface area contributed by atoms with E-state index < -0.39 is 0 Å². The average molecular weight is 350 g/mol. The zero-order chi connectivity index (χ0) is 12.9. The monoisotopic (exact) mass is 349 g/mol. The number of aromatic nitrogens is 1. The SMILES string of the molecule is Cl.Cl.c1cncc(C(C2CCSCC2)N2CCNCC2)c1. The van der Waals surface area contributed by atoms with Gasteiger partial charge in [-0.3, -0.25) is 9.88 Å². The zero-order valence-corrected chi connectivity index (χ0v) is 14.7. The van der Waals surface area contributed by atoms with Gasteiger partial charge in [0.25, 0.3) is 0 Å². The molecule has 0 bridgehead atoms. The maximum atomic E-state index is 4.35. The van der Waals surface area contributed by atoms with Gasteiger partial charge in [0.15, 0.2) is 0 Å². The second kappa shape index (κ2) is 9.90. The summed E-state index contributed by atoms with van der Waals surface area (Å²) < 4.78 is 0. The predicted molar refractivity (Wildman–Crippen MR) is 96.0 cm³/mol. The molecule has 2 fully saturated rings. The molecule has 3 heterocycles. The molecule has 0 aliphatic carbocycles. The number of rotatable bonds is 3. The second-order valence-electron chi connectivity index (χ2n) is 5.47. The van der Waals surface area contributed by atoms with Crippen molar-refractivity contribution >= 4 is 36.6 Å². The van der Waals surface area contributed by atoms with Gasteiger partial charge in [-0.2, -0.15) is 11.8 Å². The Morgan fingerprint density at radius 1 is 1.19 bits per heavy atom. The number of piperazine rings is 1. The Bertz CT molecular complexity index is 364. The van der Waals surface area contributed by atoms with Crippen LogP contribution >= 0.6 is 36.6 Å². The fraction of sp³-hybridized carbons (Fsp3) is 0.667. The molecule has 21 heavy (non-hydrogen) atoms. The molecule has 1 aromatic heterocycles. The summed E-state index contributed by atoms with van der Waals surface area (Å²) in [6.45, 7) is 4.59. The summed E-state index contributed by atoms with van der Waals surface area (Å²) in [6.07, 6.45) is 6.67. The van der Waals surface area contributed by atoms with Crippen LogP contribution in [-0.2, 0) is 0 Å². The minimum atomic E-state index is 0. The van der Waals surface area contributed by atoms with Gasteiger partial charge in [-0.15, -0.1) is 24.8 Å². The first kappa shape index (κ1) is 19.0. The standard InChI is InChI=1S/C15H23N3S.2ClH/c1-2-14(12-17-5-1)15(13-3-10-19-11-4-13)18-8-6-16-7-9-18;;/h1-2,5,12-13,15-16H,3-4,6-11H2;2*1H. The van der Waals surface area contributed by atoms with E-state index in [-0.39, 0.29) is 24.8 Å². The van der Waals surface area contributed by atoms with Crippen LogP contribution in [0.4, 0.5) is 0 Å². The summed E-state index contributed by atoms with van der Waals surface area (Å²) in [4.78, 5) is 7.02. The number of hydrogen-bond donors (Lipinski definition) is 1. The number of pyridine rings is 1. The van der Waals surface area contributed by atoms with Crippen molar-refractivity contribution in [1.29, 1.82) is 0 Å². The Balaban J connectivity index is 0.00000110. The highest BCUT2D eigenvalue weighted by Crippen LogP contribution is 2.37. The van der Waals surface area contributed by atoms with Gasteiger partial charge in [0.1, 0.15) is 0 Å². The van der Waals surface area contributed by atoms with Crippen molar-refractivity contribution < 1.29 is 0 Å². The molecule has 2 aliphatic rings. The molecule has 0 amide bonds. The Morgan fingerprint density at radius 3 is 2.52 bits per heavy atom. The van der Waals surface area contributed by atoms with Gasteiger partial charge < -0.3 is 5.32 Å². The summed E-state index contributed by atoms with van der Waals surface area (Å²) in [5.41, 5.74) is 1.42. The van der Waals surface area contributed by atoms with Crippen molar-refractivity contribution in [3.05, 3.63) is 30.1 Å². The Labute approximate surface area is 144 Å². The largest absolute Gasteiger partial charge is 0.314 e. The van der Waals surface area contributed by atoms with E-state index in [0.29, 0.717) is 6.04 Å². The van der Waals surface area contributed by atoms with Crippen LogP contribution < -0.4 is 5.32 Å². The highest BCUT2D eigenvalue weighted by Gasteiger charge is 2.30. The first-order chi connectivity index (χ1) is 9.45. The van der Waals surface area contributed by atoms with Crippen LogP contribution in [0.5, 0.6) is 0 Å². The van der Waals surface area contributed by atoms with Crippen LogP contribution in [0.3, 0.4) is 0 Å². The predicted octanol–water partition coefficient (Wildman–Crippen LogP) is 3.01. The molecule has 2 saturated heterocycles. The molecule has 0 spiro atoms. The third kappa shape index (κ3) is 5.00. The molecule has 1 N–H and O–H groups in total. The van der Waals surface area contributed by atoms with E-state index in [1.54, 1.807) is 0 Å². The molecule has 6 heteroatoms. The van der Waals surface area contributed by atoms with Crippen LogP contribution in [0.15, 0.2) is 24.5 Å². The molecule has 3 rings (SSSR count). The van der Waals surface area contributed by atoms with Gasteiger partial charge in [-0.05, 0) is 41.9 Å². The number of hydrogen-bond acceptors (Lipinski definition) is 4. The Kier molecular flexibility index (Phi) is 8.98. The van der Waals surface area contributed by atoms with Gasteiger partial charge in [-0.25, -0.2) is 0 Å². The number of thioether (sulfide) groups is 1.